The highest BCUT2D eigenvalue weighted by Gasteiger charge is 2.36. The first-order chi connectivity index (χ1) is 13.6. The van der Waals surface area contributed by atoms with Gasteiger partial charge in [0.25, 0.3) is 0 Å². The van der Waals surface area contributed by atoms with Gasteiger partial charge in [-0.2, -0.15) is 0 Å². The van der Waals surface area contributed by atoms with E-state index in [0.29, 0.717) is 6.42 Å². The van der Waals surface area contributed by atoms with Gasteiger partial charge in [0.15, 0.2) is 5.78 Å². The van der Waals surface area contributed by atoms with Crippen LogP contribution in [0, 0.1) is 5.82 Å². The first-order valence-corrected chi connectivity index (χ1v) is 9.86. The number of rotatable bonds is 1. The Morgan fingerprint density at radius 3 is 2.43 bits per heavy atom. The molecule has 5 nitrogen and oxygen atoms in total. The van der Waals surface area contributed by atoms with Crippen LogP contribution in [0.2, 0.25) is 0 Å². The highest BCUT2D eigenvalue weighted by Crippen LogP contribution is 2.39. The van der Waals surface area contributed by atoms with Crippen LogP contribution >= 0.6 is 0 Å². The van der Waals surface area contributed by atoms with Crippen molar-refractivity contribution < 1.29 is 9.18 Å². The third-order valence-corrected chi connectivity index (χ3v) is 5.97. The van der Waals surface area contributed by atoms with Crippen LogP contribution in [0.15, 0.2) is 64.0 Å². The Kier molecular flexibility index (Phi) is 4.07. The molecule has 5 rings (SSSR count). The van der Waals surface area contributed by atoms with E-state index in [1.807, 2.05) is 25.1 Å². The summed E-state index contributed by atoms with van der Waals surface area (Å²) >= 11 is 0. The van der Waals surface area contributed by atoms with Crippen LogP contribution in [0.25, 0.3) is 0 Å². The Balaban J connectivity index is 1.38. The van der Waals surface area contributed by atoms with Crippen molar-refractivity contribution in [2.45, 2.75) is 19.8 Å². The van der Waals surface area contributed by atoms with E-state index in [0.717, 1.165) is 62.1 Å². The topological polar surface area (TPSA) is 39.2 Å². The molecule has 6 heteroatoms. The van der Waals surface area contributed by atoms with Gasteiger partial charge in [0.1, 0.15) is 5.82 Å². The number of ketones is 1. The summed E-state index contributed by atoms with van der Waals surface area (Å²) in [5.74, 6) is 0.979. The summed E-state index contributed by atoms with van der Waals surface area (Å²) in [6.07, 6.45) is 5.07. The molecule has 1 aliphatic carbocycles. The third-order valence-electron chi connectivity index (χ3n) is 5.97. The fourth-order valence-corrected chi connectivity index (χ4v) is 4.52. The first-order valence-electron chi connectivity index (χ1n) is 9.86. The number of hydrogen-bond acceptors (Lipinski definition) is 5. The fraction of sp³-hybridized carbons (Fsp3) is 0.364. The molecule has 0 unspecified atom stereocenters. The second kappa shape index (κ2) is 6.62. The van der Waals surface area contributed by atoms with E-state index >= 15 is 0 Å². The molecule has 4 aliphatic rings. The van der Waals surface area contributed by atoms with Gasteiger partial charge in [-0.05, 0) is 55.3 Å². The van der Waals surface area contributed by atoms with E-state index in [9.17, 15) is 9.18 Å². The normalized spacial score (nSPS) is 22.0. The van der Waals surface area contributed by atoms with Crippen LogP contribution in [0.3, 0.4) is 0 Å². The van der Waals surface area contributed by atoms with Crippen molar-refractivity contribution in [1.82, 2.24) is 9.80 Å². The number of nitrogens with zero attached hydrogens (tertiary/aromatic N) is 4. The maximum Gasteiger partial charge on any atom is 0.206 e. The lowest BCUT2D eigenvalue weighted by atomic mass is 10.0. The standard InChI is InChI=1S/C22H23FN4O/c1-15-20-7-6-19(28)14-16-8-9-27(21(16)20)22(24-15)26-12-10-25(11-13-26)18-4-2-17(23)3-5-18/h2-7H,8-14H2,1H3. The van der Waals surface area contributed by atoms with Crippen molar-refractivity contribution in [1.29, 1.82) is 0 Å². The van der Waals surface area contributed by atoms with Crippen molar-refractivity contribution in [2.75, 3.05) is 37.6 Å². The summed E-state index contributed by atoms with van der Waals surface area (Å²) in [4.78, 5) is 23.9. The molecule has 1 aromatic carbocycles. The Bertz CT molecular complexity index is 949. The van der Waals surface area contributed by atoms with E-state index in [1.165, 1.54) is 23.4 Å². The van der Waals surface area contributed by atoms with Gasteiger partial charge in [0.05, 0.1) is 11.4 Å². The van der Waals surface area contributed by atoms with Crippen LogP contribution in [-0.2, 0) is 4.79 Å². The van der Waals surface area contributed by atoms with E-state index in [-0.39, 0.29) is 11.6 Å². The van der Waals surface area contributed by atoms with Crippen LogP contribution in [0.1, 0.15) is 19.8 Å². The van der Waals surface area contributed by atoms with Crippen molar-refractivity contribution >= 4 is 17.4 Å². The molecule has 0 atom stereocenters. The number of aliphatic imine (C=N–C) groups is 1. The van der Waals surface area contributed by atoms with Crippen LogP contribution in [0.5, 0.6) is 0 Å². The van der Waals surface area contributed by atoms with Gasteiger partial charge >= 0.3 is 0 Å². The Morgan fingerprint density at radius 1 is 0.964 bits per heavy atom. The number of piperazine rings is 1. The van der Waals surface area contributed by atoms with E-state index in [4.69, 9.17) is 4.99 Å². The first kappa shape index (κ1) is 17.2. The monoisotopic (exact) mass is 378 g/mol. The van der Waals surface area contributed by atoms with E-state index in [2.05, 4.69) is 14.7 Å². The van der Waals surface area contributed by atoms with Gasteiger partial charge in [-0.3, -0.25) is 4.79 Å². The largest absolute Gasteiger partial charge is 0.368 e. The Labute approximate surface area is 164 Å². The van der Waals surface area contributed by atoms with E-state index in [1.54, 1.807) is 6.08 Å². The summed E-state index contributed by atoms with van der Waals surface area (Å²) in [6.45, 7) is 6.40. The number of allylic oxidation sites excluding steroid dienone is 3. The SMILES string of the molecule is CC1=C2C=CC(=O)CC3=C2N(CC3)C(N2CCN(c3ccc(F)cc3)CC2)=N1. The van der Waals surface area contributed by atoms with Gasteiger partial charge in [0, 0.05) is 50.4 Å². The minimum absolute atomic E-state index is 0.175. The van der Waals surface area contributed by atoms with Crippen molar-refractivity contribution in [3.63, 3.8) is 0 Å². The number of guanidine groups is 1. The number of anilines is 1. The van der Waals surface area contributed by atoms with Crippen molar-refractivity contribution in [2.24, 2.45) is 4.99 Å². The zero-order chi connectivity index (χ0) is 19.3. The molecular weight excluding hydrogens is 355 g/mol. The average molecular weight is 378 g/mol. The summed E-state index contributed by atoms with van der Waals surface area (Å²) < 4.78 is 13.2. The maximum atomic E-state index is 13.2. The number of benzene rings is 1. The van der Waals surface area contributed by atoms with Crippen LogP contribution < -0.4 is 4.90 Å². The molecule has 28 heavy (non-hydrogen) atoms. The molecule has 0 bridgehead atoms. The molecule has 0 amide bonds. The predicted molar refractivity (Wildman–Crippen MR) is 107 cm³/mol. The summed E-state index contributed by atoms with van der Waals surface area (Å²) in [7, 11) is 0. The van der Waals surface area contributed by atoms with Crippen LogP contribution in [-0.4, -0.2) is 54.3 Å². The highest BCUT2D eigenvalue weighted by molar-refractivity contribution is 5.95. The smallest absolute Gasteiger partial charge is 0.206 e. The Hall–Kier alpha value is -2.89. The molecule has 0 radical (unpaired) electrons. The van der Waals surface area contributed by atoms with Gasteiger partial charge in [-0.25, -0.2) is 9.38 Å². The lowest BCUT2D eigenvalue weighted by Gasteiger charge is -2.42. The summed E-state index contributed by atoms with van der Waals surface area (Å²) in [5, 5.41) is 0. The molecule has 1 saturated heterocycles. The second-order valence-corrected chi connectivity index (χ2v) is 7.69. The molecule has 3 heterocycles. The van der Waals surface area contributed by atoms with Gasteiger partial charge < -0.3 is 14.7 Å². The van der Waals surface area contributed by atoms with Gasteiger partial charge in [0.2, 0.25) is 5.96 Å². The molecule has 3 aliphatic heterocycles. The van der Waals surface area contributed by atoms with Crippen LogP contribution in [0.4, 0.5) is 10.1 Å². The molecule has 0 N–H and O–H groups in total. The Morgan fingerprint density at radius 2 is 1.68 bits per heavy atom. The molecular formula is C22H23FN4O. The molecule has 0 saturated carbocycles. The third kappa shape index (κ3) is 2.84. The lowest BCUT2D eigenvalue weighted by Crippen LogP contribution is -2.53. The number of halogens is 1. The molecule has 144 valence electrons. The average Bonchev–Trinajstić information content (AvgIpc) is 3.02. The quantitative estimate of drug-likeness (QED) is 0.753. The molecule has 0 spiro atoms. The fourth-order valence-electron chi connectivity index (χ4n) is 4.52. The minimum atomic E-state index is -0.203. The highest BCUT2D eigenvalue weighted by atomic mass is 19.1. The van der Waals surface area contributed by atoms with E-state index < -0.39 is 0 Å². The van der Waals surface area contributed by atoms with Gasteiger partial charge in [-0.15, -0.1) is 0 Å². The predicted octanol–water partition coefficient (Wildman–Crippen LogP) is 3.08. The number of hydrogen-bond donors (Lipinski definition) is 0. The molecule has 1 fully saturated rings. The number of carbonyl (C=O) groups is 1. The summed E-state index contributed by atoms with van der Waals surface area (Å²) in [6, 6.07) is 6.72. The molecule has 0 aromatic heterocycles. The molecule has 1 aromatic rings. The van der Waals surface area contributed by atoms with Gasteiger partial charge in [-0.1, -0.05) is 0 Å². The van der Waals surface area contributed by atoms with Crippen molar-refractivity contribution in [3.8, 4) is 0 Å². The summed E-state index contributed by atoms with van der Waals surface area (Å²) in [5.41, 5.74) is 5.57. The second-order valence-electron chi connectivity index (χ2n) is 7.69. The van der Waals surface area contributed by atoms with Crippen molar-refractivity contribution in [3.05, 3.63) is 64.8 Å². The maximum absolute atomic E-state index is 13.2. The minimum Gasteiger partial charge on any atom is -0.368 e. The number of carbonyl (C=O) groups excluding carboxylic acids is 1. The lowest BCUT2D eigenvalue weighted by molar-refractivity contribution is -0.114. The zero-order valence-corrected chi connectivity index (χ0v) is 16.0. The zero-order valence-electron chi connectivity index (χ0n) is 16.0.